The van der Waals surface area contributed by atoms with Crippen LogP contribution in [0.4, 0.5) is 0 Å². The summed E-state index contributed by atoms with van der Waals surface area (Å²) in [6.07, 6.45) is 3.13. The third kappa shape index (κ3) is 3.70. The van der Waals surface area contributed by atoms with Crippen LogP contribution in [0.2, 0.25) is 0 Å². The number of benzene rings is 1. The number of carbonyl (C=O) groups excluding carboxylic acids is 2. The molecule has 0 saturated carbocycles. The number of hydrogen-bond acceptors (Lipinski definition) is 4. The van der Waals surface area contributed by atoms with Crippen LogP contribution in [0.3, 0.4) is 0 Å². The molecule has 4 heteroatoms. The Hall–Kier alpha value is -2.10. The van der Waals surface area contributed by atoms with E-state index in [0.29, 0.717) is 19.4 Å². The first kappa shape index (κ1) is 14.3. The molecule has 0 saturated heterocycles. The average Bonchev–Trinajstić information content (AvgIpc) is 2.34. The summed E-state index contributed by atoms with van der Waals surface area (Å²) in [4.78, 5) is 22.3. The fourth-order valence-electron chi connectivity index (χ4n) is 2.44. The average molecular weight is 272 g/mol. The van der Waals surface area contributed by atoms with Gasteiger partial charge in [-0.3, -0.25) is 4.79 Å². The Labute approximate surface area is 118 Å². The maximum absolute atomic E-state index is 11.7. The van der Waals surface area contributed by atoms with Gasteiger partial charge in [-0.1, -0.05) is 44.2 Å². The highest BCUT2D eigenvalue weighted by atomic mass is 16.4. The van der Waals surface area contributed by atoms with Crippen molar-refractivity contribution in [3.8, 4) is 0 Å². The summed E-state index contributed by atoms with van der Waals surface area (Å²) in [5, 5.41) is 13.9. The van der Waals surface area contributed by atoms with Gasteiger partial charge in [0, 0.05) is 25.1 Å². The SMILES string of the molecule is CC1(C)C=C(NCc2ccc(C(=O)[O-])cc2)CC(=O)C1. The molecule has 0 spiro atoms. The van der Waals surface area contributed by atoms with Crippen LogP contribution < -0.4 is 10.4 Å². The van der Waals surface area contributed by atoms with Gasteiger partial charge in [-0.25, -0.2) is 0 Å². The predicted molar refractivity (Wildman–Crippen MR) is 73.7 cm³/mol. The number of hydrogen-bond donors (Lipinski definition) is 1. The van der Waals surface area contributed by atoms with Crippen LogP contribution in [-0.2, 0) is 11.3 Å². The maximum Gasteiger partial charge on any atom is 0.139 e. The molecule has 2 rings (SSSR count). The van der Waals surface area contributed by atoms with E-state index in [-0.39, 0.29) is 16.8 Å². The van der Waals surface area contributed by atoms with E-state index in [4.69, 9.17) is 0 Å². The van der Waals surface area contributed by atoms with Gasteiger partial charge in [0.1, 0.15) is 5.78 Å². The Bertz CT molecular complexity index is 556. The van der Waals surface area contributed by atoms with Crippen molar-refractivity contribution in [1.29, 1.82) is 0 Å². The minimum absolute atomic E-state index is 0.101. The van der Waals surface area contributed by atoms with Gasteiger partial charge in [-0.05, 0) is 16.5 Å². The minimum atomic E-state index is -1.17. The standard InChI is InChI=1S/C16H19NO3/c1-16(2)8-13(7-14(18)9-16)17-10-11-3-5-12(6-4-11)15(19)20/h3-6,8,17H,7,9-10H2,1-2H3,(H,19,20)/p-1. The van der Waals surface area contributed by atoms with E-state index in [0.717, 1.165) is 11.3 Å². The van der Waals surface area contributed by atoms with Crippen molar-refractivity contribution >= 4 is 11.8 Å². The van der Waals surface area contributed by atoms with Crippen LogP contribution in [0.5, 0.6) is 0 Å². The van der Waals surface area contributed by atoms with Gasteiger partial charge in [0.25, 0.3) is 0 Å². The lowest BCUT2D eigenvalue weighted by Gasteiger charge is -2.27. The molecule has 0 fully saturated rings. The monoisotopic (exact) mass is 272 g/mol. The summed E-state index contributed by atoms with van der Waals surface area (Å²) < 4.78 is 0. The highest BCUT2D eigenvalue weighted by molar-refractivity contribution is 5.85. The van der Waals surface area contributed by atoms with Crippen molar-refractivity contribution in [2.45, 2.75) is 33.2 Å². The maximum atomic E-state index is 11.7. The zero-order valence-corrected chi connectivity index (χ0v) is 11.7. The summed E-state index contributed by atoms with van der Waals surface area (Å²) in [7, 11) is 0. The van der Waals surface area contributed by atoms with Crippen LogP contribution in [0.1, 0.15) is 42.6 Å². The lowest BCUT2D eigenvalue weighted by atomic mass is 9.81. The summed E-state index contributed by atoms with van der Waals surface area (Å²) >= 11 is 0. The molecule has 0 amide bonds. The van der Waals surface area contributed by atoms with E-state index >= 15 is 0 Å². The first-order chi connectivity index (χ1) is 9.35. The van der Waals surface area contributed by atoms with Crippen molar-refractivity contribution in [2.24, 2.45) is 5.41 Å². The highest BCUT2D eigenvalue weighted by Gasteiger charge is 2.25. The second-order valence-corrected chi connectivity index (χ2v) is 5.89. The second-order valence-electron chi connectivity index (χ2n) is 5.89. The molecule has 4 nitrogen and oxygen atoms in total. The van der Waals surface area contributed by atoms with E-state index in [2.05, 4.69) is 11.4 Å². The highest BCUT2D eigenvalue weighted by Crippen LogP contribution is 2.30. The fourth-order valence-corrected chi connectivity index (χ4v) is 2.44. The Kier molecular flexibility index (Phi) is 3.93. The molecular weight excluding hydrogens is 254 g/mol. The van der Waals surface area contributed by atoms with Gasteiger partial charge in [0.15, 0.2) is 0 Å². The zero-order chi connectivity index (χ0) is 14.8. The molecule has 0 unspecified atom stereocenters. The largest absolute Gasteiger partial charge is 0.545 e. The quantitative estimate of drug-likeness (QED) is 0.899. The third-order valence-corrected chi connectivity index (χ3v) is 3.31. The van der Waals surface area contributed by atoms with E-state index in [1.54, 1.807) is 12.1 Å². The first-order valence-electron chi connectivity index (χ1n) is 6.63. The zero-order valence-electron chi connectivity index (χ0n) is 11.7. The van der Waals surface area contributed by atoms with Gasteiger partial charge < -0.3 is 15.2 Å². The second kappa shape index (κ2) is 5.49. The predicted octanol–water partition coefficient (Wildman–Crippen LogP) is 1.41. The number of nitrogens with one attached hydrogen (secondary N) is 1. The van der Waals surface area contributed by atoms with Crippen molar-refractivity contribution in [3.63, 3.8) is 0 Å². The summed E-state index contributed by atoms with van der Waals surface area (Å²) in [5.74, 6) is -0.931. The third-order valence-electron chi connectivity index (χ3n) is 3.31. The molecule has 1 aromatic carbocycles. The molecule has 0 aromatic heterocycles. The van der Waals surface area contributed by atoms with Crippen LogP contribution in [0.25, 0.3) is 0 Å². The Morgan fingerprint density at radius 1 is 1.30 bits per heavy atom. The first-order valence-corrected chi connectivity index (χ1v) is 6.63. The number of carboxylic acids is 1. The Morgan fingerprint density at radius 2 is 1.95 bits per heavy atom. The molecule has 1 aromatic rings. The molecule has 1 N–H and O–H groups in total. The molecule has 20 heavy (non-hydrogen) atoms. The van der Waals surface area contributed by atoms with Gasteiger partial charge in [-0.15, -0.1) is 0 Å². The molecule has 0 bridgehead atoms. The van der Waals surface area contributed by atoms with Crippen LogP contribution >= 0.6 is 0 Å². The smallest absolute Gasteiger partial charge is 0.139 e. The van der Waals surface area contributed by atoms with Crippen molar-refractivity contribution in [3.05, 3.63) is 47.2 Å². The molecule has 1 aliphatic rings. The number of rotatable bonds is 4. The number of allylic oxidation sites excluding steroid dienone is 2. The number of Topliss-reactive ketones (excluding diaryl/α,β-unsaturated/α-hetero) is 1. The number of carbonyl (C=O) groups is 2. The van der Waals surface area contributed by atoms with Crippen LogP contribution in [-0.4, -0.2) is 11.8 Å². The summed E-state index contributed by atoms with van der Waals surface area (Å²) in [6, 6.07) is 6.54. The molecule has 106 valence electrons. The minimum Gasteiger partial charge on any atom is -0.545 e. The van der Waals surface area contributed by atoms with Crippen LogP contribution in [0, 0.1) is 5.41 Å². The van der Waals surface area contributed by atoms with Crippen molar-refractivity contribution < 1.29 is 14.7 Å². The summed E-state index contributed by atoms with van der Waals surface area (Å²) in [6.45, 7) is 4.66. The Morgan fingerprint density at radius 3 is 2.50 bits per heavy atom. The molecule has 1 aliphatic carbocycles. The molecular formula is C16H18NO3-. The normalized spacial score (nSPS) is 17.5. The van der Waals surface area contributed by atoms with Gasteiger partial charge in [0.05, 0.1) is 5.97 Å². The topological polar surface area (TPSA) is 69.2 Å². The van der Waals surface area contributed by atoms with E-state index in [9.17, 15) is 14.7 Å². The lowest BCUT2D eigenvalue weighted by molar-refractivity contribution is -0.255. The Balaban J connectivity index is 2.00. The van der Waals surface area contributed by atoms with E-state index < -0.39 is 5.97 Å². The molecule has 0 atom stereocenters. The van der Waals surface area contributed by atoms with Crippen LogP contribution in [0.15, 0.2) is 36.0 Å². The number of ketones is 1. The fraction of sp³-hybridized carbons (Fsp3) is 0.375. The lowest BCUT2D eigenvalue weighted by Crippen LogP contribution is -2.26. The molecule has 0 aliphatic heterocycles. The van der Waals surface area contributed by atoms with E-state index in [1.165, 1.54) is 12.1 Å². The number of aromatic carboxylic acids is 1. The van der Waals surface area contributed by atoms with Crippen molar-refractivity contribution in [1.82, 2.24) is 5.32 Å². The summed E-state index contributed by atoms with van der Waals surface area (Å²) in [5.41, 5.74) is 1.97. The van der Waals surface area contributed by atoms with Gasteiger partial charge >= 0.3 is 0 Å². The number of carboxylic acid groups (broad SMARTS) is 1. The van der Waals surface area contributed by atoms with Gasteiger partial charge in [-0.2, -0.15) is 0 Å². The molecule has 0 radical (unpaired) electrons. The van der Waals surface area contributed by atoms with E-state index in [1.807, 2.05) is 13.8 Å². The molecule has 0 heterocycles. The van der Waals surface area contributed by atoms with Gasteiger partial charge in [0.2, 0.25) is 0 Å². The van der Waals surface area contributed by atoms with Crippen molar-refractivity contribution in [2.75, 3.05) is 0 Å².